The fourth-order valence-corrected chi connectivity index (χ4v) is 3.12. The Hall–Kier alpha value is -0.120. The summed E-state index contributed by atoms with van der Waals surface area (Å²) in [6, 6.07) is 0.487. The highest BCUT2D eigenvalue weighted by Crippen LogP contribution is 2.41. The Kier molecular flexibility index (Phi) is 3.33. The second-order valence-electron chi connectivity index (χ2n) is 5.39. The first-order valence-electron chi connectivity index (χ1n) is 6.43. The first kappa shape index (κ1) is 11.4. The lowest BCUT2D eigenvalue weighted by Gasteiger charge is -2.44. The van der Waals surface area contributed by atoms with Gasteiger partial charge in [-0.15, -0.1) is 0 Å². The van der Waals surface area contributed by atoms with E-state index in [4.69, 9.17) is 5.84 Å². The lowest BCUT2D eigenvalue weighted by Crippen LogP contribution is -2.61. The van der Waals surface area contributed by atoms with Gasteiger partial charge in [0.25, 0.3) is 0 Å². The molecule has 1 heterocycles. The molecule has 2 atom stereocenters. The molecule has 1 saturated heterocycles. The molecule has 0 amide bonds. The molecule has 88 valence electrons. The van der Waals surface area contributed by atoms with Crippen LogP contribution >= 0.6 is 0 Å². The molecule has 2 unspecified atom stereocenters. The van der Waals surface area contributed by atoms with E-state index in [1.807, 2.05) is 0 Å². The molecule has 0 aromatic heterocycles. The van der Waals surface area contributed by atoms with Crippen molar-refractivity contribution in [3.63, 3.8) is 0 Å². The van der Waals surface area contributed by atoms with E-state index in [1.54, 1.807) is 0 Å². The predicted molar refractivity (Wildman–Crippen MR) is 63.3 cm³/mol. The number of hydrazine groups is 1. The Morgan fingerprint density at radius 3 is 2.40 bits per heavy atom. The van der Waals surface area contributed by atoms with Crippen molar-refractivity contribution in [1.82, 2.24) is 10.3 Å². The van der Waals surface area contributed by atoms with Crippen molar-refractivity contribution in [2.45, 2.75) is 57.5 Å². The van der Waals surface area contributed by atoms with Crippen LogP contribution in [-0.2, 0) is 0 Å². The van der Waals surface area contributed by atoms with E-state index in [1.165, 1.54) is 45.2 Å². The maximum absolute atomic E-state index is 5.77. The molecule has 2 rings (SSSR count). The summed E-state index contributed by atoms with van der Waals surface area (Å²) in [7, 11) is 0. The van der Waals surface area contributed by atoms with Crippen molar-refractivity contribution in [2.24, 2.45) is 11.8 Å². The monoisotopic (exact) mass is 211 g/mol. The third kappa shape index (κ3) is 2.05. The Bertz CT molecular complexity index is 209. The molecule has 1 aliphatic heterocycles. The summed E-state index contributed by atoms with van der Waals surface area (Å²) in [5.74, 6) is 6.59. The SMILES string of the molecule is CCC(C)(C(NN)C1CC1)N1CCCC1. The number of nitrogens with two attached hydrogens (primary N) is 1. The third-order valence-corrected chi connectivity index (χ3v) is 4.49. The number of nitrogens with zero attached hydrogens (tertiary/aromatic N) is 1. The molecule has 1 saturated carbocycles. The summed E-state index contributed by atoms with van der Waals surface area (Å²) in [5.41, 5.74) is 3.36. The smallest absolute Gasteiger partial charge is 0.0420 e. The van der Waals surface area contributed by atoms with Crippen molar-refractivity contribution < 1.29 is 0 Å². The van der Waals surface area contributed by atoms with Gasteiger partial charge in [0, 0.05) is 11.6 Å². The zero-order valence-electron chi connectivity index (χ0n) is 10.1. The van der Waals surface area contributed by atoms with Crippen LogP contribution in [0.4, 0.5) is 0 Å². The van der Waals surface area contributed by atoms with Gasteiger partial charge < -0.3 is 0 Å². The number of nitrogens with one attached hydrogen (secondary N) is 1. The molecule has 0 bridgehead atoms. The van der Waals surface area contributed by atoms with Gasteiger partial charge in [0.15, 0.2) is 0 Å². The van der Waals surface area contributed by atoms with E-state index in [2.05, 4.69) is 24.2 Å². The fraction of sp³-hybridized carbons (Fsp3) is 1.00. The number of hydrogen-bond donors (Lipinski definition) is 2. The van der Waals surface area contributed by atoms with Crippen molar-refractivity contribution in [1.29, 1.82) is 0 Å². The van der Waals surface area contributed by atoms with Crippen LogP contribution in [0.3, 0.4) is 0 Å². The lowest BCUT2D eigenvalue weighted by molar-refractivity contribution is 0.0748. The summed E-state index contributed by atoms with van der Waals surface area (Å²) >= 11 is 0. The van der Waals surface area contributed by atoms with Gasteiger partial charge in [0.2, 0.25) is 0 Å². The number of hydrogen-bond acceptors (Lipinski definition) is 3. The van der Waals surface area contributed by atoms with E-state index in [-0.39, 0.29) is 5.54 Å². The Labute approximate surface area is 93.4 Å². The number of rotatable bonds is 5. The van der Waals surface area contributed by atoms with E-state index < -0.39 is 0 Å². The average Bonchev–Trinajstić information content (AvgIpc) is 2.92. The average molecular weight is 211 g/mol. The Morgan fingerprint density at radius 2 is 2.00 bits per heavy atom. The molecule has 3 nitrogen and oxygen atoms in total. The maximum atomic E-state index is 5.77. The zero-order chi connectivity index (χ0) is 10.9. The molecule has 0 aromatic rings. The van der Waals surface area contributed by atoms with Gasteiger partial charge in [-0.1, -0.05) is 6.92 Å². The van der Waals surface area contributed by atoms with E-state index in [0.717, 1.165) is 5.92 Å². The van der Waals surface area contributed by atoms with Crippen LogP contribution in [0.15, 0.2) is 0 Å². The minimum Gasteiger partial charge on any atom is -0.296 e. The van der Waals surface area contributed by atoms with Gasteiger partial charge >= 0.3 is 0 Å². The highest BCUT2D eigenvalue weighted by molar-refractivity contribution is 5.03. The number of likely N-dealkylation sites (tertiary alicyclic amines) is 1. The molecular formula is C12H25N3. The van der Waals surface area contributed by atoms with Gasteiger partial charge in [-0.25, -0.2) is 0 Å². The molecule has 0 aromatic carbocycles. The Balaban J connectivity index is 2.09. The standard InChI is InChI=1S/C12H25N3/c1-3-12(2,15-8-4-5-9-15)11(14-13)10-6-7-10/h10-11,14H,3-9,13H2,1-2H3. The second-order valence-corrected chi connectivity index (χ2v) is 5.39. The normalized spacial score (nSPS) is 29.0. The van der Waals surface area contributed by atoms with Crippen LogP contribution in [0, 0.1) is 5.92 Å². The molecule has 1 aliphatic carbocycles. The van der Waals surface area contributed by atoms with Crippen LogP contribution in [0.5, 0.6) is 0 Å². The topological polar surface area (TPSA) is 41.3 Å². The molecule has 0 radical (unpaired) electrons. The molecule has 3 N–H and O–H groups in total. The summed E-state index contributed by atoms with van der Waals surface area (Å²) < 4.78 is 0. The minimum atomic E-state index is 0.270. The largest absolute Gasteiger partial charge is 0.296 e. The second kappa shape index (κ2) is 4.40. The van der Waals surface area contributed by atoms with E-state index >= 15 is 0 Å². The first-order valence-corrected chi connectivity index (χ1v) is 6.43. The highest BCUT2D eigenvalue weighted by atomic mass is 15.3. The summed E-state index contributed by atoms with van der Waals surface area (Å²) in [5, 5.41) is 0. The molecule has 15 heavy (non-hydrogen) atoms. The Morgan fingerprint density at radius 1 is 1.40 bits per heavy atom. The minimum absolute atomic E-state index is 0.270. The van der Waals surface area contributed by atoms with E-state index in [0.29, 0.717) is 6.04 Å². The summed E-state index contributed by atoms with van der Waals surface area (Å²) in [6.07, 6.45) is 6.63. The molecule has 2 fully saturated rings. The molecular weight excluding hydrogens is 186 g/mol. The fourth-order valence-electron chi connectivity index (χ4n) is 3.12. The zero-order valence-corrected chi connectivity index (χ0v) is 10.1. The molecule has 0 spiro atoms. The lowest BCUT2D eigenvalue weighted by atomic mass is 9.85. The maximum Gasteiger partial charge on any atom is 0.0420 e. The van der Waals surface area contributed by atoms with Gasteiger partial charge in [-0.2, -0.15) is 0 Å². The van der Waals surface area contributed by atoms with Crippen molar-refractivity contribution in [3.8, 4) is 0 Å². The summed E-state index contributed by atoms with van der Waals surface area (Å²) in [4.78, 5) is 2.65. The quantitative estimate of drug-likeness (QED) is 0.535. The predicted octanol–water partition coefficient (Wildman–Crippen LogP) is 1.49. The molecule has 3 heteroatoms. The van der Waals surface area contributed by atoms with Crippen LogP contribution in [0.2, 0.25) is 0 Å². The van der Waals surface area contributed by atoms with Crippen LogP contribution in [0.1, 0.15) is 46.0 Å². The molecule has 2 aliphatic rings. The van der Waals surface area contributed by atoms with Gasteiger partial charge in [-0.05, 0) is 58.0 Å². The first-order chi connectivity index (χ1) is 7.22. The van der Waals surface area contributed by atoms with Crippen LogP contribution < -0.4 is 11.3 Å². The van der Waals surface area contributed by atoms with Crippen molar-refractivity contribution >= 4 is 0 Å². The van der Waals surface area contributed by atoms with Crippen LogP contribution in [0.25, 0.3) is 0 Å². The van der Waals surface area contributed by atoms with Crippen molar-refractivity contribution in [2.75, 3.05) is 13.1 Å². The van der Waals surface area contributed by atoms with Crippen molar-refractivity contribution in [3.05, 3.63) is 0 Å². The van der Waals surface area contributed by atoms with Crippen LogP contribution in [-0.4, -0.2) is 29.6 Å². The van der Waals surface area contributed by atoms with Gasteiger partial charge in [-0.3, -0.25) is 16.2 Å². The summed E-state index contributed by atoms with van der Waals surface area (Å²) in [6.45, 7) is 7.21. The van der Waals surface area contributed by atoms with Gasteiger partial charge in [0.05, 0.1) is 0 Å². The third-order valence-electron chi connectivity index (χ3n) is 4.49. The van der Waals surface area contributed by atoms with E-state index in [9.17, 15) is 0 Å². The highest BCUT2D eigenvalue weighted by Gasteiger charge is 2.46. The van der Waals surface area contributed by atoms with Gasteiger partial charge in [0.1, 0.15) is 0 Å².